The van der Waals surface area contributed by atoms with Crippen molar-refractivity contribution in [2.24, 2.45) is 39.6 Å². The third kappa shape index (κ3) is 3.53. The van der Waals surface area contributed by atoms with Gasteiger partial charge in [0.05, 0.1) is 11.0 Å². The van der Waals surface area contributed by atoms with Crippen molar-refractivity contribution in [2.45, 2.75) is 89.6 Å². The first-order chi connectivity index (χ1) is 15.1. The van der Waals surface area contributed by atoms with Gasteiger partial charge in [0.2, 0.25) is 0 Å². The van der Waals surface area contributed by atoms with Crippen LogP contribution in [0.4, 0.5) is 0 Å². The molecule has 4 aliphatic rings. The summed E-state index contributed by atoms with van der Waals surface area (Å²) < 4.78 is 25.6. The van der Waals surface area contributed by atoms with Gasteiger partial charge in [-0.25, -0.2) is 4.83 Å². The summed E-state index contributed by atoms with van der Waals surface area (Å²) in [6.45, 7) is 6.78. The lowest BCUT2D eigenvalue weighted by Gasteiger charge is -2.60. The first kappa shape index (κ1) is 22.4. The van der Waals surface area contributed by atoms with E-state index >= 15 is 0 Å². The van der Waals surface area contributed by atoms with Crippen molar-refractivity contribution in [3.05, 3.63) is 29.8 Å². The van der Waals surface area contributed by atoms with Crippen LogP contribution < -0.4 is 4.83 Å². The van der Waals surface area contributed by atoms with Gasteiger partial charge in [0.15, 0.2) is 0 Å². The van der Waals surface area contributed by atoms with Crippen molar-refractivity contribution in [3.8, 4) is 0 Å². The number of hydrazone groups is 1. The molecular weight excluding hydrogens is 420 g/mol. The maximum absolute atomic E-state index is 12.8. The number of rotatable bonds is 3. The van der Waals surface area contributed by atoms with Gasteiger partial charge in [0, 0.05) is 11.1 Å². The third-order valence-electron chi connectivity index (χ3n) is 10.0. The smallest absolute Gasteiger partial charge is 0.276 e. The van der Waals surface area contributed by atoms with E-state index in [1.54, 1.807) is 12.1 Å². The Balaban J connectivity index is 1.35. The number of aryl methyl sites for hydroxylation is 1. The molecule has 1 aromatic carbocycles. The van der Waals surface area contributed by atoms with Gasteiger partial charge in [-0.2, -0.15) is 13.5 Å². The minimum Gasteiger partial charge on any atom is -0.393 e. The second-order valence-corrected chi connectivity index (χ2v) is 13.2. The van der Waals surface area contributed by atoms with Crippen molar-refractivity contribution in [1.29, 1.82) is 0 Å². The highest BCUT2D eigenvalue weighted by atomic mass is 32.2. The lowest BCUT2D eigenvalue weighted by molar-refractivity contribution is -0.113. The number of hydrogen-bond acceptors (Lipinski definition) is 4. The monoisotopic (exact) mass is 458 g/mol. The number of sulfonamides is 1. The first-order valence-electron chi connectivity index (χ1n) is 12.5. The fourth-order valence-electron chi connectivity index (χ4n) is 8.09. The summed E-state index contributed by atoms with van der Waals surface area (Å²) in [7, 11) is -3.64. The quantitative estimate of drug-likeness (QED) is 0.623. The summed E-state index contributed by atoms with van der Waals surface area (Å²) in [4.78, 5) is 2.82. The van der Waals surface area contributed by atoms with E-state index in [2.05, 4.69) is 23.8 Å². The Morgan fingerprint density at radius 3 is 2.50 bits per heavy atom. The zero-order chi connectivity index (χ0) is 22.7. The van der Waals surface area contributed by atoms with Crippen molar-refractivity contribution < 1.29 is 13.5 Å². The third-order valence-corrected chi connectivity index (χ3v) is 11.2. The summed E-state index contributed by atoms with van der Waals surface area (Å²) in [6, 6.07) is 6.92. The Bertz CT molecular complexity index is 1000. The molecule has 5 rings (SSSR count). The van der Waals surface area contributed by atoms with Crippen molar-refractivity contribution >= 4 is 15.7 Å². The number of nitrogens with zero attached hydrogens (tertiary/aromatic N) is 1. The molecule has 0 unspecified atom stereocenters. The van der Waals surface area contributed by atoms with Gasteiger partial charge < -0.3 is 5.11 Å². The van der Waals surface area contributed by atoms with Gasteiger partial charge in [-0.1, -0.05) is 31.5 Å². The summed E-state index contributed by atoms with van der Waals surface area (Å²) in [5, 5.41) is 14.8. The van der Waals surface area contributed by atoms with Crippen LogP contribution >= 0.6 is 0 Å². The van der Waals surface area contributed by atoms with E-state index in [4.69, 9.17) is 0 Å². The molecular formula is C26H38N2O3S. The molecule has 4 aliphatic carbocycles. The lowest BCUT2D eigenvalue weighted by atomic mass is 9.45. The van der Waals surface area contributed by atoms with Crippen LogP contribution in [0.2, 0.25) is 0 Å². The SMILES string of the molecule is Cc1ccc(S(=O)(=O)NN=C2CC[C@@H]3[C@H]4CC[C@H]5C[C@H](O)CC[C@]5(C)[C@@H]4CC[C@]23C)cc1. The predicted molar refractivity (Wildman–Crippen MR) is 127 cm³/mol. The maximum atomic E-state index is 12.8. The highest BCUT2D eigenvalue weighted by molar-refractivity contribution is 7.89. The largest absolute Gasteiger partial charge is 0.393 e. The van der Waals surface area contributed by atoms with Crippen LogP contribution in [0.1, 0.15) is 77.2 Å². The van der Waals surface area contributed by atoms with Gasteiger partial charge >= 0.3 is 0 Å². The van der Waals surface area contributed by atoms with E-state index < -0.39 is 10.0 Å². The summed E-state index contributed by atoms with van der Waals surface area (Å²) in [5.41, 5.74) is 2.43. The number of hydrogen-bond donors (Lipinski definition) is 2. The minimum atomic E-state index is -3.64. The maximum Gasteiger partial charge on any atom is 0.276 e. The first-order valence-corrected chi connectivity index (χ1v) is 14.0. The van der Waals surface area contributed by atoms with E-state index in [0.29, 0.717) is 23.2 Å². The zero-order valence-electron chi connectivity index (χ0n) is 19.7. The average molecular weight is 459 g/mol. The standard InChI is InChI=1S/C26H38N2O3S/c1-17-4-7-20(8-5-17)32(30,31)28-27-24-11-10-22-21-9-6-18-16-19(29)12-14-25(18,2)23(21)13-15-26(22,24)3/h4-5,7-8,18-19,21-23,28-29H,6,9-16H2,1-3H3/t18-,19+,21+,22+,23+,25-,26-/m0/s1. The molecule has 6 heteroatoms. The van der Waals surface area contributed by atoms with Crippen molar-refractivity contribution in [3.63, 3.8) is 0 Å². The normalized spacial score (nSPS) is 42.8. The van der Waals surface area contributed by atoms with Gasteiger partial charge in [-0.05, 0) is 106 Å². The minimum absolute atomic E-state index is 0.00562. The van der Waals surface area contributed by atoms with Crippen LogP contribution in [0.25, 0.3) is 0 Å². The molecule has 0 saturated heterocycles. The molecule has 7 atom stereocenters. The Morgan fingerprint density at radius 2 is 1.75 bits per heavy atom. The summed E-state index contributed by atoms with van der Waals surface area (Å²) in [5.74, 6) is 2.68. The molecule has 4 saturated carbocycles. The van der Waals surface area contributed by atoms with Gasteiger partial charge in [-0.3, -0.25) is 0 Å². The highest BCUT2D eigenvalue weighted by Gasteiger charge is 2.59. The Labute approximate surface area is 193 Å². The molecule has 0 bridgehead atoms. The molecule has 1 aromatic rings. The number of nitrogens with one attached hydrogen (secondary N) is 1. The van der Waals surface area contributed by atoms with Gasteiger partial charge in [0.1, 0.15) is 0 Å². The Hall–Kier alpha value is -1.40. The van der Waals surface area contributed by atoms with Crippen LogP contribution in [-0.4, -0.2) is 25.3 Å². The van der Waals surface area contributed by atoms with E-state index in [1.165, 1.54) is 19.3 Å². The molecule has 0 amide bonds. The Morgan fingerprint density at radius 1 is 1.00 bits per heavy atom. The molecule has 0 aromatic heterocycles. The molecule has 4 fully saturated rings. The highest BCUT2D eigenvalue weighted by Crippen LogP contribution is 2.65. The van der Waals surface area contributed by atoms with E-state index in [1.807, 2.05) is 19.1 Å². The number of fused-ring (bicyclic) bond motifs is 5. The van der Waals surface area contributed by atoms with Crippen molar-refractivity contribution in [1.82, 2.24) is 4.83 Å². The fourth-order valence-corrected chi connectivity index (χ4v) is 8.92. The molecule has 32 heavy (non-hydrogen) atoms. The molecule has 0 aliphatic heterocycles. The molecule has 0 radical (unpaired) electrons. The number of benzene rings is 1. The molecule has 176 valence electrons. The fraction of sp³-hybridized carbons (Fsp3) is 0.731. The van der Waals surface area contributed by atoms with Crippen molar-refractivity contribution in [2.75, 3.05) is 0 Å². The molecule has 5 nitrogen and oxygen atoms in total. The second kappa shape index (κ2) is 7.83. The predicted octanol–water partition coefficient (Wildman–Crippen LogP) is 5.03. The van der Waals surface area contributed by atoms with Crippen LogP contribution in [0.15, 0.2) is 34.3 Å². The van der Waals surface area contributed by atoms with Crippen LogP contribution in [0.3, 0.4) is 0 Å². The second-order valence-electron chi connectivity index (χ2n) is 11.5. The average Bonchev–Trinajstić information content (AvgIpc) is 3.09. The van der Waals surface area contributed by atoms with Crippen LogP contribution in [-0.2, 0) is 10.0 Å². The van der Waals surface area contributed by atoms with Crippen LogP contribution in [0, 0.1) is 41.4 Å². The molecule has 2 N–H and O–H groups in total. The number of aliphatic hydroxyl groups excluding tert-OH is 1. The van der Waals surface area contributed by atoms with Crippen LogP contribution in [0.5, 0.6) is 0 Å². The Kier molecular flexibility index (Phi) is 5.48. The number of aliphatic hydroxyl groups is 1. The van der Waals surface area contributed by atoms with E-state index in [-0.39, 0.29) is 16.4 Å². The zero-order valence-corrected chi connectivity index (χ0v) is 20.5. The molecule has 0 spiro atoms. The summed E-state index contributed by atoms with van der Waals surface area (Å²) in [6.07, 6.45) is 9.76. The van der Waals surface area contributed by atoms with Gasteiger partial charge in [-0.15, -0.1) is 0 Å². The van der Waals surface area contributed by atoms with E-state index in [0.717, 1.165) is 55.7 Å². The molecule has 0 heterocycles. The topological polar surface area (TPSA) is 78.8 Å². The lowest BCUT2D eigenvalue weighted by Crippen LogP contribution is -2.54. The summed E-state index contributed by atoms with van der Waals surface area (Å²) >= 11 is 0. The van der Waals surface area contributed by atoms with Gasteiger partial charge in [0.25, 0.3) is 10.0 Å². The van der Waals surface area contributed by atoms with E-state index in [9.17, 15) is 13.5 Å².